The van der Waals surface area contributed by atoms with E-state index in [9.17, 15) is 18.8 Å². The van der Waals surface area contributed by atoms with Gasteiger partial charge in [-0.1, -0.05) is 17.7 Å². The summed E-state index contributed by atoms with van der Waals surface area (Å²) in [5.74, 6) is -0.729. The topological polar surface area (TPSA) is 115 Å². The van der Waals surface area contributed by atoms with E-state index in [1.54, 1.807) is 44.4 Å². The molecule has 6 rings (SSSR count). The molecule has 2 bridgehead atoms. The van der Waals surface area contributed by atoms with Crippen molar-refractivity contribution in [3.63, 3.8) is 0 Å². The van der Waals surface area contributed by atoms with Crippen LogP contribution in [0.15, 0.2) is 36.4 Å². The number of fused-ring (bicyclic) bond motifs is 1. The highest BCUT2D eigenvalue weighted by molar-refractivity contribution is 6.31. The monoisotopic (exact) mass is 575 g/mol. The summed E-state index contributed by atoms with van der Waals surface area (Å²) in [6, 6.07) is 9.32. The van der Waals surface area contributed by atoms with Crippen molar-refractivity contribution in [3.8, 4) is 11.5 Å². The molecule has 3 aliphatic carbocycles. The Hall–Kier alpha value is -3.41. The van der Waals surface area contributed by atoms with Gasteiger partial charge in [-0.25, -0.2) is 4.39 Å². The van der Waals surface area contributed by atoms with Gasteiger partial charge >= 0.3 is 0 Å². The number of carbonyl (C=O) groups is 3. The van der Waals surface area contributed by atoms with Gasteiger partial charge in [0.15, 0.2) is 12.7 Å². The summed E-state index contributed by atoms with van der Waals surface area (Å²) in [4.78, 5) is 40.0. The zero-order valence-electron chi connectivity index (χ0n) is 22.3. The van der Waals surface area contributed by atoms with E-state index in [4.69, 9.17) is 30.5 Å². The van der Waals surface area contributed by atoms with Crippen LogP contribution in [0.3, 0.4) is 0 Å². The van der Waals surface area contributed by atoms with Crippen molar-refractivity contribution >= 4 is 35.0 Å². The first-order valence-corrected chi connectivity index (χ1v) is 13.3. The third kappa shape index (κ3) is 5.86. The van der Waals surface area contributed by atoms with E-state index in [-0.39, 0.29) is 49.8 Å². The second-order valence-electron chi connectivity index (χ2n) is 10.6. The van der Waals surface area contributed by atoms with E-state index >= 15 is 0 Å². The second-order valence-corrected chi connectivity index (χ2v) is 11.0. The second kappa shape index (κ2) is 11.2. The summed E-state index contributed by atoms with van der Waals surface area (Å²) in [7, 11) is 1.54. The summed E-state index contributed by atoms with van der Waals surface area (Å²) >= 11 is 6.15. The zero-order valence-corrected chi connectivity index (χ0v) is 23.0. The number of carbonyl (C=O) groups excluding carboxylic acids is 3. The van der Waals surface area contributed by atoms with Crippen molar-refractivity contribution in [1.29, 1.82) is 0 Å². The third-order valence-electron chi connectivity index (χ3n) is 7.42. The minimum absolute atomic E-state index is 0.000545. The number of anilines is 1. The molecule has 3 saturated carbocycles. The predicted octanol–water partition coefficient (Wildman–Crippen LogP) is 2.53. The Kier molecular flexibility index (Phi) is 7.89. The molecule has 1 aliphatic heterocycles. The molecule has 0 radical (unpaired) electrons. The van der Waals surface area contributed by atoms with Gasteiger partial charge in [0, 0.05) is 29.3 Å². The number of methoxy groups -OCH3 is 1. The third-order valence-corrected chi connectivity index (χ3v) is 7.65. The molecule has 1 heterocycles. The highest BCUT2D eigenvalue weighted by Gasteiger charge is 2.69. The molecule has 214 valence electrons. The van der Waals surface area contributed by atoms with Gasteiger partial charge in [-0.15, -0.1) is 0 Å². The Morgan fingerprint density at radius 1 is 1.07 bits per heavy atom. The highest BCUT2D eigenvalue weighted by Crippen LogP contribution is 2.60. The van der Waals surface area contributed by atoms with Gasteiger partial charge in [-0.05, 0) is 56.0 Å². The molecule has 40 heavy (non-hydrogen) atoms. The van der Waals surface area contributed by atoms with Crippen molar-refractivity contribution in [2.45, 2.75) is 43.4 Å². The fourth-order valence-corrected chi connectivity index (χ4v) is 5.71. The molecule has 2 aromatic rings. The maximum Gasteiger partial charge on any atom is 0.263 e. The summed E-state index contributed by atoms with van der Waals surface area (Å²) < 4.78 is 35.4. The summed E-state index contributed by atoms with van der Waals surface area (Å²) in [5, 5.41) is 6.46. The maximum absolute atomic E-state index is 13.7. The van der Waals surface area contributed by atoms with Crippen molar-refractivity contribution in [2.75, 3.05) is 45.0 Å². The number of rotatable bonds is 11. The average Bonchev–Trinajstić information content (AvgIpc) is 2.89. The summed E-state index contributed by atoms with van der Waals surface area (Å²) in [5.41, 5.74) is 0.133. The first-order valence-electron chi connectivity index (χ1n) is 13.0. The van der Waals surface area contributed by atoms with Gasteiger partial charge in [0.1, 0.15) is 23.9 Å². The minimum atomic E-state index is -0.931. The molecule has 3 amide bonds. The van der Waals surface area contributed by atoms with Crippen LogP contribution in [0.2, 0.25) is 5.02 Å². The Bertz CT molecular complexity index is 1300. The van der Waals surface area contributed by atoms with Gasteiger partial charge in [-0.3, -0.25) is 14.4 Å². The number of ether oxygens (including phenoxy) is 4. The number of halogens is 2. The van der Waals surface area contributed by atoms with E-state index in [2.05, 4.69) is 10.6 Å². The Morgan fingerprint density at radius 2 is 1.82 bits per heavy atom. The number of aryl methyl sites for hydroxylation is 1. The van der Waals surface area contributed by atoms with Gasteiger partial charge in [-0.2, -0.15) is 0 Å². The van der Waals surface area contributed by atoms with E-state index in [1.807, 2.05) is 0 Å². The van der Waals surface area contributed by atoms with E-state index in [0.717, 1.165) is 0 Å². The fourth-order valence-electron chi connectivity index (χ4n) is 5.55. The number of nitrogens with zero attached hydrogens (tertiary/aromatic N) is 1. The molecule has 2 aromatic carbocycles. The lowest BCUT2D eigenvalue weighted by molar-refractivity contribution is -0.153. The van der Waals surface area contributed by atoms with Crippen molar-refractivity contribution in [3.05, 3.63) is 52.8 Å². The quantitative estimate of drug-likeness (QED) is 0.396. The molecule has 0 saturated heterocycles. The van der Waals surface area contributed by atoms with Crippen molar-refractivity contribution in [2.24, 2.45) is 0 Å². The van der Waals surface area contributed by atoms with Gasteiger partial charge in [0.25, 0.3) is 17.7 Å². The lowest BCUT2D eigenvalue weighted by atomic mass is 9.44. The summed E-state index contributed by atoms with van der Waals surface area (Å²) in [6.07, 6.45) is 0.794. The van der Waals surface area contributed by atoms with E-state index < -0.39 is 23.0 Å². The van der Waals surface area contributed by atoms with Gasteiger partial charge in [0.2, 0.25) is 0 Å². The standard InChI is InChI=1S/C28H31ClFN3O7/c1-17-3-5-19(10-20(17)30)39-12-24(34)31-27-14-28(15-27,16-27)32-26(36)23-11-33(25(35)13-38-8-7-37-2)21-9-18(29)4-6-22(21)40-23/h3-6,9-10,23H,7-8,11-16H2,1-2H3,(H,31,34)(H,32,36). The number of benzene rings is 2. The number of hydrogen-bond donors (Lipinski definition) is 2. The fraction of sp³-hybridized carbons (Fsp3) is 0.464. The Balaban J connectivity index is 1.13. The van der Waals surface area contributed by atoms with Crippen molar-refractivity contribution < 1.29 is 37.7 Å². The first kappa shape index (κ1) is 28.1. The normalized spacial score (nSPS) is 24.1. The average molecular weight is 576 g/mol. The molecule has 1 unspecified atom stereocenters. The number of hydrogen-bond acceptors (Lipinski definition) is 7. The van der Waals surface area contributed by atoms with Crippen molar-refractivity contribution in [1.82, 2.24) is 10.6 Å². The first-order chi connectivity index (χ1) is 19.1. The van der Waals surface area contributed by atoms with Crippen LogP contribution in [0.5, 0.6) is 11.5 Å². The molecule has 2 N–H and O–H groups in total. The molecular weight excluding hydrogens is 545 g/mol. The largest absolute Gasteiger partial charge is 0.484 e. The smallest absolute Gasteiger partial charge is 0.263 e. The molecular formula is C28H31ClFN3O7. The number of amides is 3. The van der Waals surface area contributed by atoms with Crippen LogP contribution in [0.25, 0.3) is 0 Å². The summed E-state index contributed by atoms with van der Waals surface area (Å²) in [6.45, 7) is 1.85. The lowest BCUT2D eigenvalue weighted by Gasteiger charge is -2.70. The van der Waals surface area contributed by atoms with Gasteiger partial charge in [0.05, 0.1) is 25.4 Å². The molecule has 4 aliphatic rings. The van der Waals surface area contributed by atoms with Crippen LogP contribution in [0, 0.1) is 12.7 Å². The number of nitrogens with one attached hydrogen (secondary N) is 2. The van der Waals surface area contributed by atoms with Crippen LogP contribution in [-0.2, 0) is 23.9 Å². The molecule has 1 atom stereocenters. The molecule has 0 aromatic heterocycles. The molecule has 0 spiro atoms. The lowest BCUT2D eigenvalue weighted by Crippen LogP contribution is -2.84. The van der Waals surface area contributed by atoms with Crippen LogP contribution in [-0.4, -0.2) is 75.0 Å². The Morgan fingerprint density at radius 3 is 2.55 bits per heavy atom. The SMILES string of the molecule is COCCOCC(=O)N1CC(C(=O)NC23CC(NC(=O)COc4ccc(C)c(F)c4)(C2)C3)Oc2ccc(Cl)cc21. The van der Waals surface area contributed by atoms with Crippen LogP contribution >= 0.6 is 11.6 Å². The molecule has 3 fully saturated rings. The molecule has 10 nitrogen and oxygen atoms in total. The predicted molar refractivity (Wildman–Crippen MR) is 143 cm³/mol. The van der Waals surface area contributed by atoms with E-state index in [1.165, 1.54) is 11.0 Å². The molecule has 12 heteroatoms. The van der Waals surface area contributed by atoms with Gasteiger partial charge < -0.3 is 34.5 Å². The van der Waals surface area contributed by atoms with Crippen LogP contribution in [0.1, 0.15) is 24.8 Å². The highest BCUT2D eigenvalue weighted by atomic mass is 35.5. The maximum atomic E-state index is 13.7. The van der Waals surface area contributed by atoms with Crippen LogP contribution in [0.4, 0.5) is 10.1 Å². The van der Waals surface area contributed by atoms with Crippen LogP contribution < -0.4 is 25.0 Å². The zero-order chi connectivity index (χ0) is 28.5. The van der Waals surface area contributed by atoms with E-state index in [0.29, 0.717) is 47.9 Å². The minimum Gasteiger partial charge on any atom is -0.484 e. The Labute approximate surface area is 236 Å².